The van der Waals surface area contributed by atoms with Gasteiger partial charge in [-0.3, -0.25) is 19.4 Å². The molecule has 1 saturated heterocycles. The number of amides is 2. The third-order valence-electron chi connectivity index (χ3n) is 6.45. The number of anilines is 2. The first kappa shape index (κ1) is 25.7. The van der Waals surface area contributed by atoms with Gasteiger partial charge in [0.1, 0.15) is 0 Å². The third-order valence-corrected chi connectivity index (χ3v) is 6.45. The number of hydrogen-bond donors (Lipinski definition) is 3. The average molecular weight is 502 g/mol. The highest BCUT2D eigenvalue weighted by Crippen LogP contribution is 2.26. The molecule has 1 unspecified atom stereocenters. The van der Waals surface area contributed by atoms with Crippen LogP contribution in [-0.2, 0) is 16.0 Å². The fraction of sp³-hybridized carbons (Fsp3) is 0.286. The van der Waals surface area contributed by atoms with Crippen molar-refractivity contribution in [3.63, 3.8) is 0 Å². The number of nitrogens with two attached hydrogens (primary N) is 1. The van der Waals surface area contributed by atoms with Gasteiger partial charge in [-0.1, -0.05) is 36.4 Å². The second kappa shape index (κ2) is 12.0. The molecule has 4 N–H and O–H groups in total. The van der Waals surface area contributed by atoms with E-state index >= 15 is 0 Å². The molecule has 2 heterocycles. The highest BCUT2D eigenvalue weighted by molar-refractivity contribution is 5.96. The molecule has 192 valence electrons. The topological polar surface area (TPSA) is 129 Å². The lowest BCUT2D eigenvalue weighted by molar-refractivity contribution is -0.137. The van der Waals surface area contributed by atoms with Crippen LogP contribution in [0.1, 0.15) is 40.4 Å². The van der Waals surface area contributed by atoms with Gasteiger partial charge < -0.3 is 26.0 Å². The summed E-state index contributed by atoms with van der Waals surface area (Å²) in [4.78, 5) is 45.1. The molecule has 1 aliphatic rings. The van der Waals surface area contributed by atoms with Crippen LogP contribution in [0.3, 0.4) is 0 Å². The van der Waals surface area contributed by atoms with Crippen molar-refractivity contribution in [1.82, 2.24) is 15.2 Å². The molecule has 0 aliphatic carbocycles. The van der Waals surface area contributed by atoms with E-state index in [4.69, 9.17) is 5.73 Å². The van der Waals surface area contributed by atoms with Gasteiger partial charge in [0.25, 0.3) is 5.91 Å². The Morgan fingerprint density at radius 2 is 1.81 bits per heavy atom. The molecule has 9 heteroatoms. The number of aromatic nitrogens is 1. The molecule has 0 bridgehead atoms. The summed E-state index contributed by atoms with van der Waals surface area (Å²) in [6, 6.07) is 17.5. The SMILES string of the molecule is Nc1cc(C(=O)NC(CC(=O)O)c2cccnc2)ccc1N1CCCN(C(=O)Cc2ccccc2)CC1. The Morgan fingerprint density at radius 3 is 2.51 bits per heavy atom. The molecule has 2 aromatic carbocycles. The molecule has 0 radical (unpaired) electrons. The Morgan fingerprint density at radius 1 is 1.00 bits per heavy atom. The average Bonchev–Trinajstić information content (AvgIpc) is 3.15. The number of carboxylic acid groups (broad SMARTS) is 1. The van der Waals surface area contributed by atoms with Gasteiger partial charge in [0.2, 0.25) is 5.91 Å². The number of pyridine rings is 1. The fourth-order valence-electron chi connectivity index (χ4n) is 4.52. The van der Waals surface area contributed by atoms with E-state index < -0.39 is 17.9 Å². The Balaban J connectivity index is 1.40. The molecule has 1 atom stereocenters. The minimum Gasteiger partial charge on any atom is -0.481 e. The van der Waals surface area contributed by atoms with Crippen LogP contribution in [-0.4, -0.2) is 59.0 Å². The van der Waals surface area contributed by atoms with E-state index in [9.17, 15) is 19.5 Å². The lowest BCUT2D eigenvalue weighted by Crippen LogP contribution is -2.36. The van der Waals surface area contributed by atoms with Crippen molar-refractivity contribution in [1.29, 1.82) is 0 Å². The molecule has 1 aromatic heterocycles. The molecular weight excluding hydrogens is 470 g/mol. The Kier molecular flexibility index (Phi) is 8.35. The van der Waals surface area contributed by atoms with Gasteiger partial charge in [-0.25, -0.2) is 0 Å². The largest absolute Gasteiger partial charge is 0.481 e. The summed E-state index contributed by atoms with van der Waals surface area (Å²) in [6.45, 7) is 2.65. The van der Waals surface area contributed by atoms with Crippen LogP contribution in [0.5, 0.6) is 0 Å². The van der Waals surface area contributed by atoms with Crippen molar-refractivity contribution in [3.05, 3.63) is 89.7 Å². The molecule has 4 rings (SSSR count). The van der Waals surface area contributed by atoms with Gasteiger partial charge in [-0.15, -0.1) is 0 Å². The number of nitrogens with one attached hydrogen (secondary N) is 1. The van der Waals surface area contributed by atoms with E-state index in [2.05, 4.69) is 15.2 Å². The van der Waals surface area contributed by atoms with Crippen LogP contribution in [0, 0.1) is 0 Å². The van der Waals surface area contributed by atoms with Gasteiger partial charge in [-0.05, 0) is 41.8 Å². The van der Waals surface area contributed by atoms with E-state index in [0.29, 0.717) is 42.9 Å². The van der Waals surface area contributed by atoms with Crippen LogP contribution in [0.2, 0.25) is 0 Å². The molecule has 3 aromatic rings. The number of nitrogens with zero attached hydrogens (tertiary/aromatic N) is 3. The van der Waals surface area contributed by atoms with Crippen LogP contribution < -0.4 is 16.0 Å². The van der Waals surface area contributed by atoms with Crippen molar-refractivity contribution < 1.29 is 19.5 Å². The lowest BCUT2D eigenvalue weighted by atomic mass is 10.0. The predicted molar refractivity (Wildman–Crippen MR) is 141 cm³/mol. The summed E-state index contributed by atoms with van der Waals surface area (Å²) in [5.74, 6) is -1.33. The fourth-order valence-corrected chi connectivity index (χ4v) is 4.52. The van der Waals surface area contributed by atoms with Crippen molar-refractivity contribution in [2.24, 2.45) is 0 Å². The van der Waals surface area contributed by atoms with Crippen molar-refractivity contribution in [2.75, 3.05) is 36.8 Å². The number of benzene rings is 2. The quantitative estimate of drug-likeness (QED) is 0.405. The van der Waals surface area contributed by atoms with Crippen LogP contribution in [0.15, 0.2) is 73.1 Å². The summed E-state index contributed by atoms with van der Waals surface area (Å²) in [6.07, 6.45) is 4.06. The van der Waals surface area contributed by atoms with E-state index in [0.717, 1.165) is 24.2 Å². The van der Waals surface area contributed by atoms with Gasteiger partial charge in [0.15, 0.2) is 0 Å². The first-order chi connectivity index (χ1) is 17.9. The first-order valence-corrected chi connectivity index (χ1v) is 12.3. The summed E-state index contributed by atoms with van der Waals surface area (Å²) >= 11 is 0. The van der Waals surface area contributed by atoms with Gasteiger partial charge >= 0.3 is 5.97 Å². The molecular formula is C28H31N5O4. The normalized spacial score (nSPS) is 14.5. The zero-order valence-electron chi connectivity index (χ0n) is 20.5. The number of rotatable bonds is 8. The van der Waals surface area contributed by atoms with Gasteiger partial charge in [-0.2, -0.15) is 0 Å². The van der Waals surface area contributed by atoms with E-state index in [1.54, 1.807) is 36.7 Å². The minimum atomic E-state index is -1.03. The summed E-state index contributed by atoms with van der Waals surface area (Å²) in [7, 11) is 0. The number of hydrogen-bond acceptors (Lipinski definition) is 6. The smallest absolute Gasteiger partial charge is 0.305 e. The highest BCUT2D eigenvalue weighted by Gasteiger charge is 2.22. The van der Waals surface area contributed by atoms with Crippen molar-refractivity contribution in [2.45, 2.75) is 25.3 Å². The Hall–Kier alpha value is -4.40. The number of carboxylic acids is 1. The second-order valence-corrected chi connectivity index (χ2v) is 9.07. The van der Waals surface area contributed by atoms with Gasteiger partial charge in [0, 0.05) is 44.1 Å². The molecule has 1 fully saturated rings. The molecule has 0 spiro atoms. The molecule has 2 amide bonds. The van der Waals surface area contributed by atoms with Gasteiger partial charge in [0.05, 0.1) is 30.3 Å². The summed E-state index contributed by atoms with van der Waals surface area (Å²) in [5, 5.41) is 12.1. The number of nitrogen functional groups attached to an aromatic ring is 1. The standard InChI is InChI=1S/C28H31N5O4/c29-23-17-21(28(37)31-24(18-27(35)36)22-8-4-11-30-19-22)9-10-25(23)32-12-5-13-33(15-14-32)26(34)16-20-6-2-1-3-7-20/h1-4,6-11,17,19,24H,5,12-16,18,29H2,(H,31,37)(H,35,36). The van der Waals surface area contributed by atoms with Crippen LogP contribution in [0.4, 0.5) is 11.4 Å². The second-order valence-electron chi connectivity index (χ2n) is 9.07. The zero-order valence-corrected chi connectivity index (χ0v) is 20.5. The third kappa shape index (κ3) is 6.84. The highest BCUT2D eigenvalue weighted by atomic mass is 16.4. The lowest BCUT2D eigenvalue weighted by Gasteiger charge is -2.25. The maximum Gasteiger partial charge on any atom is 0.305 e. The monoisotopic (exact) mass is 501 g/mol. The predicted octanol–water partition coefficient (Wildman–Crippen LogP) is 2.89. The zero-order chi connectivity index (χ0) is 26.2. The molecule has 37 heavy (non-hydrogen) atoms. The van der Waals surface area contributed by atoms with E-state index in [1.807, 2.05) is 41.3 Å². The van der Waals surface area contributed by atoms with E-state index in [-0.39, 0.29) is 12.3 Å². The number of aliphatic carboxylic acids is 1. The maximum absolute atomic E-state index is 12.9. The molecule has 0 saturated carbocycles. The summed E-state index contributed by atoms with van der Waals surface area (Å²) < 4.78 is 0. The first-order valence-electron chi connectivity index (χ1n) is 12.3. The van der Waals surface area contributed by atoms with E-state index in [1.165, 1.54) is 0 Å². The Labute approximate surface area is 215 Å². The number of carbonyl (C=O) groups excluding carboxylic acids is 2. The number of carbonyl (C=O) groups is 3. The maximum atomic E-state index is 12.9. The minimum absolute atomic E-state index is 0.109. The molecule has 1 aliphatic heterocycles. The Bertz CT molecular complexity index is 1240. The summed E-state index contributed by atoms with van der Waals surface area (Å²) in [5.41, 5.74) is 9.57. The van der Waals surface area contributed by atoms with Crippen LogP contribution in [0.25, 0.3) is 0 Å². The molecule has 9 nitrogen and oxygen atoms in total. The van der Waals surface area contributed by atoms with Crippen LogP contribution >= 0.6 is 0 Å². The van der Waals surface area contributed by atoms with Crippen molar-refractivity contribution >= 4 is 29.2 Å². The van der Waals surface area contributed by atoms with Crippen molar-refractivity contribution in [3.8, 4) is 0 Å².